The van der Waals surface area contributed by atoms with Gasteiger partial charge in [0.1, 0.15) is 0 Å². The topological polar surface area (TPSA) is 58.2 Å². The molecule has 0 bridgehead atoms. The normalized spacial score (nSPS) is 11.6. The molecule has 84 valence electrons. The molecule has 0 spiro atoms. The largest absolute Gasteiger partial charge is 0.316 e. The molecule has 5 heteroatoms. The molecule has 0 aliphatic carbocycles. The molecular formula is C10H16N2O2S. The summed E-state index contributed by atoms with van der Waals surface area (Å²) in [5.41, 5.74) is 2.14. The van der Waals surface area contributed by atoms with Gasteiger partial charge in [-0.05, 0) is 18.2 Å². The van der Waals surface area contributed by atoms with Crippen LogP contribution in [0.5, 0.6) is 0 Å². The van der Waals surface area contributed by atoms with Crippen molar-refractivity contribution in [2.24, 2.45) is 0 Å². The van der Waals surface area contributed by atoms with Gasteiger partial charge in [-0.15, -0.1) is 0 Å². The zero-order valence-electron chi connectivity index (χ0n) is 8.95. The van der Waals surface area contributed by atoms with E-state index in [9.17, 15) is 8.42 Å². The Labute approximate surface area is 90.8 Å². The molecule has 0 radical (unpaired) electrons. The maximum Gasteiger partial charge on any atom is 0.209 e. The number of hydrogen-bond donors (Lipinski definition) is 2. The van der Waals surface area contributed by atoms with Crippen LogP contribution >= 0.6 is 0 Å². The molecule has 1 aromatic carbocycles. The van der Waals surface area contributed by atoms with Crippen molar-refractivity contribution in [2.75, 3.05) is 13.3 Å². The molecule has 0 saturated heterocycles. The molecule has 0 aliphatic rings. The second kappa shape index (κ2) is 5.25. The fourth-order valence-corrected chi connectivity index (χ4v) is 1.62. The van der Waals surface area contributed by atoms with Crippen LogP contribution in [0.3, 0.4) is 0 Å². The molecule has 0 fully saturated rings. The van der Waals surface area contributed by atoms with Crippen LogP contribution in [-0.2, 0) is 23.1 Å². The van der Waals surface area contributed by atoms with E-state index in [4.69, 9.17) is 0 Å². The fraction of sp³-hybridized carbons (Fsp3) is 0.400. The molecular weight excluding hydrogens is 212 g/mol. The lowest BCUT2D eigenvalue weighted by Crippen LogP contribution is -2.21. The van der Waals surface area contributed by atoms with Gasteiger partial charge in [0, 0.05) is 13.1 Å². The first-order valence-corrected chi connectivity index (χ1v) is 6.57. The Bertz CT molecular complexity index is 398. The summed E-state index contributed by atoms with van der Waals surface area (Å²) in [7, 11) is -1.22. The summed E-state index contributed by atoms with van der Waals surface area (Å²) in [6, 6.07) is 7.81. The quantitative estimate of drug-likeness (QED) is 0.769. The van der Waals surface area contributed by atoms with Crippen LogP contribution in [0.25, 0.3) is 0 Å². The van der Waals surface area contributed by atoms with Crippen LogP contribution in [0.2, 0.25) is 0 Å². The van der Waals surface area contributed by atoms with E-state index in [1.54, 1.807) is 0 Å². The summed E-state index contributed by atoms with van der Waals surface area (Å²) in [4.78, 5) is 0. The molecule has 1 rings (SSSR count). The first kappa shape index (κ1) is 12.2. The van der Waals surface area contributed by atoms with Gasteiger partial charge in [0.2, 0.25) is 10.0 Å². The van der Waals surface area contributed by atoms with Crippen molar-refractivity contribution in [2.45, 2.75) is 13.1 Å². The molecule has 1 aromatic rings. The van der Waals surface area contributed by atoms with Crippen molar-refractivity contribution in [1.29, 1.82) is 0 Å². The Hall–Kier alpha value is -0.910. The van der Waals surface area contributed by atoms with Gasteiger partial charge in [-0.25, -0.2) is 13.1 Å². The lowest BCUT2D eigenvalue weighted by Gasteiger charge is -2.04. The monoisotopic (exact) mass is 228 g/mol. The minimum absolute atomic E-state index is 0.346. The molecule has 0 heterocycles. The lowest BCUT2D eigenvalue weighted by atomic mass is 10.1. The maximum atomic E-state index is 10.9. The van der Waals surface area contributed by atoms with Crippen LogP contribution in [-0.4, -0.2) is 21.7 Å². The smallest absolute Gasteiger partial charge is 0.209 e. The van der Waals surface area contributed by atoms with E-state index in [0.717, 1.165) is 18.4 Å². The predicted octanol–water partition coefficient (Wildman–Crippen LogP) is 0.455. The molecule has 0 amide bonds. The van der Waals surface area contributed by atoms with Crippen molar-refractivity contribution in [3.63, 3.8) is 0 Å². The van der Waals surface area contributed by atoms with Crippen molar-refractivity contribution < 1.29 is 8.42 Å². The third-order valence-corrected chi connectivity index (χ3v) is 2.61. The first-order valence-electron chi connectivity index (χ1n) is 4.68. The van der Waals surface area contributed by atoms with Crippen molar-refractivity contribution in [1.82, 2.24) is 10.0 Å². The third kappa shape index (κ3) is 4.92. The maximum absolute atomic E-state index is 10.9. The molecule has 0 atom stereocenters. The summed E-state index contributed by atoms with van der Waals surface area (Å²) in [5.74, 6) is 0. The summed E-state index contributed by atoms with van der Waals surface area (Å²) >= 11 is 0. The van der Waals surface area contributed by atoms with E-state index in [1.165, 1.54) is 5.56 Å². The minimum atomic E-state index is -3.11. The zero-order chi connectivity index (χ0) is 11.3. The summed E-state index contributed by atoms with van der Waals surface area (Å²) in [6.07, 6.45) is 1.16. The number of rotatable bonds is 5. The number of sulfonamides is 1. The van der Waals surface area contributed by atoms with E-state index < -0.39 is 10.0 Å². The van der Waals surface area contributed by atoms with Crippen LogP contribution in [0, 0.1) is 0 Å². The average molecular weight is 228 g/mol. The Morgan fingerprint density at radius 2 is 1.53 bits per heavy atom. The van der Waals surface area contributed by atoms with Gasteiger partial charge in [-0.1, -0.05) is 24.3 Å². The molecule has 0 unspecified atom stereocenters. The summed E-state index contributed by atoms with van der Waals surface area (Å²) in [6.45, 7) is 1.17. The third-order valence-electron chi connectivity index (χ3n) is 1.94. The highest BCUT2D eigenvalue weighted by Crippen LogP contribution is 2.04. The minimum Gasteiger partial charge on any atom is -0.316 e. The van der Waals surface area contributed by atoms with E-state index in [0.29, 0.717) is 6.54 Å². The van der Waals surface area contributed by atoms with Gasteiger partial charge in [-0.2, -0.15) is 0 Å². The van der Waals surface area contributed by atoms with Gasteiger partial charge in [0.15, 0.2) is 0 Å². The van der Waals surface area contributed by atoms with Gasteiger partial charge in [0.25, 0.3) is 0 Å². The van der Waals surface area contributed by atoms with E-state index >= 15 is 0 Å². The summed E-state index contributed by atoms with van der Waals surface area (Å²) in [5, 5.41) is 3.05. The fourth-order valence-electron chi connectivity index (χ4n) is 1.19. The molecule has 0 saturated carbocycles. The van der Waals surface area contributed by atoms with Gasteiger partial charge in [-0.3, -0.25) is 0 Å². The Morgan fingerprint density at radius 3 is 1.93 bits per heavy atom. The highest BCUT2D eigenvalue weighted by atomic mass is 32.2. The standard InChI is InChI=1S/C10H16N2O2S/c1-11-7-9-3-5-10(6-4-9)8-12-15(2,13)14/h3-6,11-12H,7-8H2,1-2H3. The first-order chi connectivity index (χ1) is 7.01. The van der Waals surface area contributed by atoms with Crippen molar-refractivity contribution in [3.05, 3.63) is 35.4 Å². The molecule has 4 nitrogen and oxygen atoms in total. The number of nitrogens with one attached hydrogen (secondary N) is 2. The Morgan fingerprint density at radius 1 is 1.07 bits per heavy atom. The highest BCUT2D eigenvalue weighted by Gasteiger charge is 2.00. The van der Waals surface area contributed by atoms with Crippen LogP contribution in [0.4, 0.5) is 0 Å². The van der Waals surface area contributed by atoms with E-state index in [-0.39, 0.29) is 0 Å². The molecule has 0 aliphatic heterocycles. The van der Waals surface area contributed by atoms with Gasteiger partial charge < -0.3 is 5.32 Å². The average Bonchev–Trinajstić information content (AvgIpc) is 2.16. The molecule has 0 aromatic heterocycles. The van der Waals surface area contributed by atoms with Crippen molar-refractivity contribution >= 4 is 10.0 Å². The zero-order valence-corrected chi connectivity index (χ0v) is 9.76. The van der Waals surface area contributed by atoms with E-state index in [1.807, 2.05) is 31.3 Å². The van der Waals surface area contributed by atoms with E-state index in [2.05, 4.69) is 10.0 Å². The molecule has 15 heavy (non-hydrogen) atoms. The summed E-state index contributed by atoms with van der Waals surface area (Å²) < 4.78 is 24.2. The highest BCUT2D eigenvalue weighted by molar-refractivity contribution is 7.88. The van der Waals surface area contributed by atoms with Gasteiger partial charge in [0.05, 0.1) is 6.26 Å². The second-order valence-corrected chi connectivity index (χ2v) is 5.27. The lowest BCUT2D eigenvalue weighted by molar-refractivity contribution is 0.587. The SMILES string of the molecule is CNCc1ccc(CNS(C)(=O)=O)cc1. The van der Waals surface area contributed by atoms with Crippen LogP contribution in [0.1, 0.15) is 11.1 Å². The Kier molecular flexibility index (Phi) is 4.26. The van der Waals surface area contributed by atoms with Crippen LogP contribution in [0.15, 0.2) is 24.3 Å². The van der Waals surface area contributed by atoms with Crippen molar-refractivity contribution in [3.8, 4) is 0 Å². The Balaban J connectivity index is 2.57. The number of benzene rings is 1. The number of hydrogen-bond acceptors (Lipinski definition) is 3. The second-order valence-electron chi connectivity index (χ2n) is 3.44. The van der Waals surface area contributed by atoms with Crippen LogP contribution < -0.4 is 10.0 Å². The predicted molar refractivity (Wildman–Crippen MR) is 60.9 cm³/mol. The molecule has 2 N–H and O–H groups in total. The van der Waals surface area contributed by atoms with Gasteiger partial charge >= 0.3 is 0 Å².